The lowest BCUT2D eigenvalue weighted by atomic mass is 10.3. The number of rotatable bonds is 3. The second-order valence-electron chi connectivity index (χ2n) is 4.17. The minimum Gasteiger partial charge on any atom is -0.274 e. The van der Waals surface area contributed by atoms with Crippen LogP contribution in [0.5, 0.6) is 0 Å². The molecule has 0 N–H and O–H groups in total. The summed E-state index contributed by atoms with van der Waals surface area (Å²) in [4.78, 5) is 21.6. The van der Waals surface area contributed by atoms with Gasteiger partial charge in [-0.15, -0.1) is 10.2 Å². The summed E-state index contributed by atoms with van der Waals surface area (Å²) in [5.41, 5.74) is 1.39. The van der Waals surface area contributed by atoms with Crippen molar-refractivity contribution in [3.05, 3.63) is 48.9 Å². The maximum absolute atomic E-state index is 11.9. The summed E-state index contributed by atoms with van der Waals surface area (Å²) in [6, 6.07) is 9.34. The van der Waals surface area contributed by atoms with E-state index >= 15 is 0 Å². The van der Waals surface area contributed by atoms with Crippen LogP contribution in [0.15, 0.2) is 48.9 Å². The average molecular weight is 297 g/mol. The normalized spacial score (nSPS) is 10.3. The Morgan fingerprint density at radius 1 is 1.14 bits per heavy atom. The highest BCUT2D eigenvalue weighted by atomic mass is 32.1. The Labute approximate surface area is 125 Å². The van der Waals surface area contributed by atoms with Crippen LogP contribution in [0.4, 0.5) is 10.8 Å². The molecule has 0 fully saturated rings. The summed E-state index contributed by atoms with van der Waals surface area (Å²) in [7, 11) is 0. The van der Waals surface area contributed by atoms with Crippen LogP contribution in [0.25, 0.3) is 10.7 Å². The lowest BCUT2D eigenvalue weighted by Crippen LogP contribution is -2.22. The molecule has 0 saturated carbocycles. The van der Waals surface area contributed by atoms with Gasteiger partial charge in [-0.05, 0) is 12.1 Å². The van der Waals surface area contributed by atoms with Crippen molar-refractivity contribution in [1.82, 2.24) is 20.2 Å². The second-order valence-corrected chi connectivity index (χ2v) is 5.13. The molecule has 3 rings (SSSR count). The first-order valence-electron chi connectivity index (χ1n) is 6.21. The van der Waals surface area contributed by atoms with E-state index in [4.69, 9.17) is 0 Å². The zero-order chi connectivity index (χ0) is 14.7. The van der Waals surface area contributed by atoms with Crippen molar-refractivity contribution >= 4 is 28.1 Å². The van der Waals surface area contributed by atoms with Gasteiger partial charge in [0.15, 0.2) is 5.01 Å². The molecule has 0 spiro atoms. The largest absolute Gasteiger partial charge is 0.274 e. The van der Waals surface area contributed by atoms with Gasteiger partial charge in [0.2, 0.25) is 11.0 Å². The summed E-state index contributed by atoms with van der Waals surface area (Å²) < 4.78 is 0. The topological polar surface area (TPSA) is 71.9 Å². The first-order valence-corrected chi connectivity index (χ1v) is 7.03. The van der Waals surface area contributed by atoms with Crippen molar-refractivity contribution < 1.29 is 4.79 Å². The SMILES string of the molecule is CC(=O)N(c1ccccc1)c1nnc(-c2cnccn2)s1. The molecule has 1 aromatic carbocycles. The molecule has 21 heavy (non-hydrogen) atoms. The van der Waals surface area contributed by atoms with E-state index in [0.29, 0.717) is 15.8 Å². The lowest BCUT2D eigenvalue weighted by molar-refractivity contribution is -0.115. The van der Waals surface area contributed by atoms with Crippen LogP contribution in [0.1, 0.15) is 6.92 Å². The van der Waals surface area contributed by atoms with Crippen molar-refractivity contribution in [1.29, 1.82) is 0 Å². The highest BCUT2D eigenvalue weighted by Crippen LogP contribution is 2.31. The van der Waals surface area contributed by atoms with Gasteiger partial charge in [0.1, 0.15) is 5.69 Å². The Hall–Kier alpha value is -2.67. The van der Waals surface area contributed by atoms with E-state index in [0.717, 1.165) is 5.69 Å². The number of hydrogen-bond acceptors (Lipinski definition) is 6. The standard InChI is InChI=1S/C14H11N5OS/c1-10(20)19(11-5-3-2-4-6-11)14-18-17-13(21-14)12-9-15-7-8-16-12/h2-9H,1H3. The smallest absolute Gasteiger partial charge is 0.230 e. The van der Waals surface area contributed by atoms with Crippen LogP contribution < -0.4 is 4.90 Å². The number of anilines is 2. The molecule has 0 aliphatic carbocycles. The van der Waals surface area contributed by atoms with E-state index in [1.165, 1.54) is 23.2 Å². The molecule has 7 heteroatoms. The van der Waals surface area contributed by atoms with Gasteiger partial charge < -0.3 is 0 Å². The molecule has 0 unspecified atom stereocenters. The summed E-state index contributed by atoms with van der Waals surface area (Å²) in [6.45, 7) is 1.50. The summed E-state index contributed by atoms with van der Waals surface area (Å²) in [5.74, 6) is -0.122. The summed E-state index contributed by atoms with van der Waals surface area (Å²) >= 11 is 1.30. The fraction of sp³-hybridized carbons (Fsp3) is 0.0714. The quantitative estimate of drug-likeness (QED) is 0.743. The molecule has 0 atom stereocenters. The molecule has 6 nitrogen and oxygen atoms in total. The first kappa shape index (κ1) is 13.3. The molecular weight excluding hydrogens is 286 g/mol. The molecule has 0 aliphatic rings. The molecule has 2 aromatic heterocycles. The minimum absolute atomic E-state index is 0.122. The number of aromatic nitrogens is 4. The maximum atomic E-state index is 11.9. The van der Waals surface area contributed by atoms with Gasteiger partial charge in [0.05, 0.1) is 11.9 Å². The number of amides is 1. The fourth-order valence-electron chi connectivity index (χ4n) is 1.82. The van der Waals surface area contributed by atoms with Crippen molar-refractivity contribution in [3.63, 3.8) is 0 Å². The highest BCUT2D eigenvalue weighted by Gasteiger charge is 2.19. The molecule has 1 amide bonds. The Kier molecular flexibility index (Phi) is 3.65. The summed E-state index contributed by atoms with van der Waals surface area (Å²) in [5, 5.41) is 9.32. The zero-order valence-electron chi connectivity index (χ0n) is 11.2. The molecule has 104 valence electrons. The van der Waals surface area contributed by atoms with Crippen LogP contribution in [-0.4, -0.2) is 26.1 Å². The van der Waals surface area contributed by atoms with E-state index in [9.17, 15) is 4.79 Å². The molecule has 0 radical (unpaired) electrons. The zero-order valence-corrected chi connectivity index (χ0v) is 12.0. The maximum Gasteiger partial charge on any atom is 0.230 e. The van der Waals surface area contributed by atoms with Gasteiger partial charge in [-0.1, -0.05) is 29.5 Å². The van der Waals surface area contributed by atoms with Gasteiger partial charge in [-0.25, -0.2) is 0 Å². The number of benzene rings is 1. The van der Waals surface area contributed by atoms with Crippen LogP contribution in [-0.2, 0) is 4.79 Å². The van der Waals surface area contributed by atoms with Crippen molar-refractivity contribution in [2.45, 2.75) is 6.92 Å². The monoisotopic (exact) mass is 297 g/mol. The van der Waals surface area contributed by atoms with E-state index in [2.05, 4.69) is 20.2 Å². The van der Waals surface area contributed by atoms with Crippen LogP contribution >= 0.6 is 11.3 Å². The average Bonchev–Trinajstić information content (AvgIpc) is 2.98. The Morgan fingerprint density at radius 3 is 2.62 bits per heavy atom. The highest BCUT2D eigenvalue weighted by molar-refractivity contribution is 7.18. The molecule has 2 heterocycles. The van der Waals surface area contributed by atoms with E-state index < -0.39 is 0 Å². The number of para-hydroxylation sites is 1. The predicted molar refractivity (Wildman–Crippen MR) is 80.2 cm³/mol. The Balaban J connectivity index is 1.99. The fourth-order valence-corrected chi connectivity index (χ4v) is 2.69. The Morgan fingerprint density at radius 2 is 1.95 bits per heavy atom. The van der Waals surface area contributed by atoms with Crippen LogP contribution in [0.2, 0.25) is 0 Å². The second kappa shape index (κ2) is 5.76. The van der Waals surface area contributed by atoms with E-state index in [1.807, 2.05) is 30.3 Å². The molecule has 0 bridgehead atoms. The first-order chi connectivity index (χ1) is 10.3. The number of carbonyl (C=O) groups excluding carboxylic acids is 1. The Bertz CT molecular complexity index is 744. The number of hydrogen-bond donors (Lipinski definition) is 0. The predicted octanol–water partition coefficient (Wildman–Crippen LogP) is 2.68. The summed E-state index contributed by atoms with van der Waals surface area (Å²) in [6.07, 6.45) is 4.80. The number of nitrogens with zero attached hydrogens (tertiary/aromatic N) is 5. The van der Waals surface area contributed by atoms with Gasteiger partial charge in [0.25, 0.3) is 0 Å². The molecular formula is C14H11N5OS. The van der Waals surface area contributed by atoms with Gasteiger partial charge in [0, 0.05) is 19.3 Å². The minimum atomic E-state index is -0.122. The van der Waals surface area contributed by atoms with Crippen LogP contribution in [0, 0.1) is 0 Å². The number of carbonyl (C=O) groups is 1. The van der Waals surface area contributed by atoms with Crippen molar-refractivity contribution in [2.75, 3.05) is 4.90 Å². The molecule has 3 aromatic rings. The van der Waals surface area contributed by atoms with Gasteiger partial charge in [-0.3, -0.25) is 19.7 Å². The third-order valence-electron chi connectivity index (χ3n) is 2.72. The van der Waals surface area contributed by atoms with E-state index in [-0.39, 0.29) is 5.91 Å². The lowest BCUT2D eigenvalue weighted by Gasteiger charge is -2.16. The molecule has 0 aliphatic heterocycles. The van der Waals surface area contributed by atoms with Crippen LogP contribution in [0.3, 0.4) is 0 Å². The van der Waals surface area contributed by atoms with Crippen molar-refractivity contribution in [2.24, 2.45) is 0 Å². The third-order valence-corrected chi connectivity index (χ3v) is 3.65. The third kappa shape index (κ3) is 2.77. The van der Waals surface area contributed by atoms with Crippen molar-refractivity contribution in [3.8, 4) is 10.7 Å². The van der Waals surface area contributed by atoms with Gasteiger partial charge >= 0.3 is 0 Å². The van der Waals surface area contributed by atoms with E-state index in [1.54, 1.807) is 18.6 Å². The molecule has 0 saturated heterocycles. The van der Waals surface area contributed by atoms with Gasteiger partial charge in [-0.2, -0.15) is 0 Å².